The molecule has 0 aliphatic carbocycles. The van der Waals surface area contributed by atoms with Crippen LogP contribution in [-0.2, 0) is 5.72 Å². The van der Waals surface area contributed by atoms with E-state index < -0.39 is 17.7 Å². The molecule has 0 saturated heterocycles. The molecule has 1 aliphatic rings. The molecule has 3 aromatic rings. The Bertz CT molecular complexity index is 1310. The fraction of sp³-hybridized carbons (Fsp3) is 0.160. The highest BCUT2D eigenvalue weighted by Crippen LogP contribution is 2.48. The largest absolute Gasteiger partial charge is 0.362 e. The minimum Gasteiger partial charge on any atom is -0.362 e. The Morgan fingerprint density at radius 1 is 1.16 bits per heavy atom. The van der Waals surface area contributed by atoms with E-state index in [2.05, 4.69) is 17.3 Å². The fourth-order valence-corrected chi connectivity index (χ4v) is 5.10. The normalized spacial score (nSPS) is 22.2. The summed E-state index contributed by atoms with van der Waals surface area (Å²) in [4.78, 5) is 0.871. The molecule has 0 amide bonds. The van der Waals surface area contributed by atoms with Crippen molar-refractivity contribution in [2.75, 3.05) is 0 Å². The first-order valence-corrected chi connectivity index (χ1v) is 10.8. The Kier molecular flexibility index (Phi) is 5.73. The molecule has 0 bridgehead atoms. The summed E-state index contributed by atoms with van der Waals surface area (Å²) >= 11 is 1.48. The second-order valence-corrected chi connectivity index (χ2v) is 8.52. The number of benzene rings is 1. The molecule has 0 fully saturated rings. The van der Waals surface area contributed by atoms with Crippen molar-refractivity contribution in [2.24, 2.45) is 0 Å². The number of rotatable bonds is 4. The van der Waals surface area contributed by atoms with Gasteiger partial charge in [-0.3, -0.25) is 5.41 Å². The van der Waals surface area contributed by atoms with Gasteiger partial charge in [-0.2, -0.15) is 15.1 Å². The van der Waals surface area contributed by atoms with Gasteiger partial charge >= 0.3 is 0 Å². The Morgan fingerprint density at radius 2 is 1.94 bits per heavy atom. The third-order valence-corrected chi connectivity index (χ3v) is 6.56. The summed E-state index contributed by atoms with van der Waals surface area (Å²) in [6, 6.07) is 20.3. The van der Waals surface area contributed by atoms with Crippen molar-refractivity contribution < 1.29 is 9.67 Å². The van der Waals surface area contributed by atoms with Crippen LogP contribution in [-0.4, -0.2) is 11.0 Å². The molecule has 6 nitrogen and oxygen atoms in total. The second-order valence-electron chi connectivity index (χ2n) is 7.54. The third-order valence-electron chi connectivity index (χ3n) is 5.60. The summed E-state index contributed by atoms with van der Waals surface area (Å²) in [7, 11) is 0. The smallest absolute Gasteiger partial charge is 0.227 e. The van der Waals surface area contributed by atoms with Gasteiger partial charge in [0.25, 0.3) is 0 Å². The standard InChI is InChI=1S/C25H20N5OS/c1-17-7-5-11-30(16-17)24-22(21-10-6-12-32-21)20(15-28)23(18(13-26)14-27)29-25(24,31)19-8-3-2-4-9-19/h2-12,16,22,24,26,29,31H,1H3/q+1/t22-,24-,25-/m1/s1. The summed E-state index contributed by atoms with van der Waals surface area (Å²) < 4.78 is 1.91. The Balaban J connectivity index is 2.10. The molecule has 3 heterocycles. The molecule has 156 valence electrons. The highest BCUT2D eigenvalue weighted by atomic mass is 32.1. The lowest BCUT2D eigenvalue weighted by atomic mass is 9.75. The van der Waals surface area contributed by atoms with Crippen LogP contribution in [0.1, 0.15) is 28.0 Å². The molecule has 1 aromatic carbocycles. The number of thiophene rings is 1. The average Bonchev–Trinajstić information content (AvgIpc) is 3.35. The number of nitrogens with zero attached hydrogens (tertiary/aromatic N) is 3. The van der Waals surface area contributed by atoms with E-state index in [1.54, 1.807) is 12.1 Å². The van der Waals surface area contributed by atoms with Gasteiger partial charge in [0, 0.05) is 22.1 Å². The number of nitrogens with one attached hydrogen (secondary N) is 2. The first kappa shape index (κ1) is 21.2. The number of aliphatic hydroxyl groups is 1. The van der Waals surface area contributed by atoms with E-state index in [1.165, 1.54) is 11.3 Å². The van der Waals surface area contributed by atoms with Gasteiger partial charge in [0.05, 0.1) is 23.3 Å². The van der Waals surface area contributed by atoms with Gasteiger partial charge in [0.15, 0.2) is 12.4 Å². The Morgan fingerprint density at radius 3 is 2.53 bits per heavy atom. The minimum atomic E-state index is -1.68. The average molecular weight is 439 g/mol. The highest BCUT2D eigenvalue weighted by Gasteiger charge is 2.56. The van der Waals surface area contributed by atoms with Crippen LogP contribution in [0, 0.1) is 35.0 Å². The quantitative estimate of drug-likeness (QED) is 0.329. The molecular formula is C25H20N5OS+. The van der Waals surface area contributed by atoms with Crippen molar-refractivity contribution in [2.45, 2.75) is 24.6 Å². The van der Waals surface area contributed by atoms with Crippen LogP contribution in [0.25, 0.3) is 0 Å². The first-order valence-electron chi connectivity index (χ1n) is 9.94. The molecule has 1 aliphatic heterocycles. The number of allylic oxidation sites excluding steroid dienone is 2. The zero-order valence-corrected chi connectivity index (χ0v) is 18.1. The zero-order chi connectivity index (χ0) is 22.7. The summed E-state index contributed by atoms with van der Waals surface area (Å²) in [6.45, 7) is 1.96. The fourth-order valence-electron chi connectivity index (χ4n) is 4.23. The molecule has 3 atom stereocenters. The van der Waals surface area contributed by atoms with Crippen molar-refractivity contribution in [3.63, 3.8) is 0 Å². The van der Waals surface area contributed by atoms with Gasteiger partial charge in [-0.25, -0.2) is 0 Å². The topological polar surface area (TPSA) is 108 Å². The Labute approximate surface area is 190 Å². The number of aromatic nitrogens is 1. The van der Waals surface area contributed by atoms with Crippen LogP contribution in [0.2, 0.25) is 0 Å². The van der Waals surface area contributed by atoms with Gasteiger partial charge < -0.3 is 10.4 Å². The lowest BCUT2D eigenvalue weighted by molar-refractivity contribution is -0.744. The van der Waals surface area contributed by atoms with Crippen LogP contribution >= 0.6 is 11.3 Å². The Hall–Kier alpha value is -4.00. The van der Waals surface area contributed by atoms with E-state index >= 15 is 0 Å². The number of nitriles is 2. The van der Waals surface area contributed by atoms with Gasteiger partial charge in [0.2, 0.25) is 11.8 Å². The molecule has 0 unspecified atom stereocenters. The maximum atomic E-state index is 12.3. The van der Waals surface area contributed by atoms with E-state index in [9.17, 15) is 15.6 Å². The van der Waals surface area contributed by atoms with E-state index in [-0.39, 0.29) is 16.8 Å². The van der Waals surface area contributed by atoms with Crippen LogP contribution in [0.4, 0.5) is 0 Å². The third kappa shape index (κ3) is 3.51. The summed E-state index contributed by atoms with van der Waals surface area (Å²) in [5, 5.41) is 44.7. The molecule has 7 heteroatoms. The molecule has 4 rings (SSSR count). The molecule has 2 aromatic heterocycles. The first-order chi connectivity index (χ1) is 15.5. The van der Waals surface area contributed by atoms with E-state index in [4.69, 9.17) is 5.41 Å². The molecule has 32 heavy (non-hydrogen) atoms. The lowest BCUT2D eigenvalue weighted by Gasteiger charge is -2.42. The van der Waals surface area contributed by atoms with Crippen LogP contribution in [0.15, 0.2) is 89.2 Å². The van der Waals surface area contributed by atoms with Crippen molar-refractivity contribution >= 4 is 17.2 Å². The van der Waals surface area contributed by atoms with Crippen molar-refractivity contribution in [3.8, 4) is 12.1 Å². The van der Waals surface area contributed by atoms with E-state index in [0.717, 1.165) is 10.4 Å². The molecule has 0 radical (unpaired) electrons. The number of pyridine rings is 1. The van der Waals surface area contributed by atoms with Gasteiger partial charge in [-0.1, -0.05) is 36.4 Å². The van der Waals surface area contributed by atoms with Crippen LogP contribution in [0.5, 0.6) is 0 Å². The number of hydrogen-bond acceptors (Lipinski definition) is 6. The number of aryl methyl sites for hydroxylation is 1. The van der Waals surface area contributed by atoms with Gasteiger partial charge in [-0.05, 0) is 30.3 Å². The molecule has 3 N–H and O–H groups in total. The highest BCUT2D eigenvalue weighted by molar-refractivity contribution is 7.10. The molecule has 0 spiro atoms. The van der Waals surface area contributed by atoms with Gasteiger partial charge in [0.1, 0.15) is 11.6 Å². The SMILES string of the molecule is Cc1ccc[n+]([C@@H]2[C@@H](c3cccs3)C(C#N)=C(C(=C=N)C#N)N[C@@]2(O)c2ccccc2)c1. The lowest BCUT2D eigenvalue weighted by Crippen LogP contribution is -2.62. The van der Waals surface area contributed by atoms with Crippen LogP contribution in [0.3, 0.4) is 0 Å². The van der Waals surface area contributed by atoms with E-state index in [0.29, 0.717) is 5.56 Å². The van der Waals surface area contributed by atoms with E-state index in [1.807, 2.05) is 77.8 Å². The monoisotopic (exact) mass is 438 g/mol. The van der Waals surface area contributed by atoms with Crippen molar-refractivity contribution in [1.29, 1.82) is 15.9 Å². The zero-order valence-electron chi connectivity index (χ0n) is 17.3. The number of hydrogen-bond donors (Lipinski definition) is 3. The second kappa shape index (κ2) is 8.63. The predicted octanol–water partition coefficient (Wildman–Crippen LogP) is 3.59. The van der Waals surface area contributed by atoms with Gasteiger partial charge in [-0.15, -0.1) is 11.3 Å². The summed E-state index contributed by atoms with van der Waals surface area (Å²) in [5.41, 5.74) is 0.173. The summed E-state index contributed by atoms with van der Waals surface area (Å²) in [6.07, 6.45) is 3.80. The maximum absolute atomic E-state index is 12.3. The van der Waals surface area contributed by atoms with Crippen LogP contribution < -0.4 is 9.88 Å². The molecular weight excluding hydrogens is 418 g/mol. The molecule has 0 saturated carbocycles. The van der Waals surface area contributed by atoms with Crippen molar-refractivity contribution in [1.82, 2.24) is 5.32 Å². The summed E-state index contributed by atoms with van der Waals surface area (Å²) in [5.74, 6) is 1.56. The van der Waals surface area contributed by atoms with Crippen molar-refractivity contribution in [3.05, 3.63) is 105 Å². The minimum absolute atomic E-state index is 0.124. The predicted molar refractivity (Wildman–Crippen MR) is 120 cm³/mol. The maximum Gasteiger partial charge on any atom is 0.227 e.